The van der Waals surface area contributed by atoms with E-state index in [1.54, 1.807) is 25.6 Å². The van der Waals surface area contributed by atoms with Gasteiger partial charge in [-0.05, 0) is 28.3 Å². The van der Waals surface area contributed by atoms with E-state index in [1.165, 1.54) is 22.3 Å². The van der Waals surface area contributed by atoms with Gasteiger partial charge >= 0.3 is 6.09 Å². The average Bonchev–Trinajstić information content (AvgIpc) is 3.09. The number of alkyl carbamates (subject to hydrolysis) is 1. The summed E-state index contributed by atoms with van der Waals surface area (Å²) in [7, 11) is 1.58. The normalized spacial score (nSPS) is 11.6. The van der Waals surface area contributed by atoms with Crippen LogP contribution in [0.25, 0.3) is 11.1 Å². The van der Waals surface area contributed by atoms with Crippen molar-refractivity contribution in [3.8, 4) is 28.7 Å². The summed E-state index contributed by atoms with van der Waals surface area (Å²) >= 11 is 0. The molecule has 1 aliphatic rings. The Morgan fingerprint density at radius 1 is 1.07 bits per heavy atom. The van der Waals surface area contributed by atoms with Gasteiger partial charge in [0.25, 0.3) is 0 Å². The first-order chi connectivity index (χ1) is 14.3. The predicted molar refractivity (Wildman–Crippen MR) is 111 cm³/mol. The highest BCUT2D eigenvalue weighted by molar-refractivity contribution is 5.79. The smallest absolute Gasteiger partial charge is 0.407 e. The Morgan fingerprint density at radius 2 is 1.76 bits per heavy atom. The Labute approximate surface area is 169 Å². The molecule has 0 saturated heterocycles. The number of rotatable bonds is 4. The van der Waals surface area contributed by atoms with E-state index >= 15 is 0 Å². The molecule has 5 heteroatoms. The Balaban J connectivity index is 1.34. The number of nitrogens with one attached hydrogen (secondary N) is 1. The van der Waals surface area contributed by atoms with Crippen LogP contribution in [0.5, 0.6) is 5.75 Å². The highest BCUT2D eigenvalue weighted by Gasteiger charge is 2.28. The zero-order valence-corrected chi connectivity index (χ0v) is 16.0. The summed E-state index contributed by atoms with van der Waals surface area (Å²) in [5.74, 6) is 6.50. The van der Waals surface area contributed by atoms with Gasteiger partial charge in [-0.1, -0.05) is 60.4 Å². The van der Waals surface area contributed by atoms with Crippen LogP contribution in [0.3, 0.4) is 0 Å². The van der Waals surface area contributed by atoms with Crippen molar-refractivity contribution in [3.63, 3.8) is 0 Å². The number of amides is 1. The Hall–Kier alpha value is -3.78. The number of hydrogen-bond donors (Lipinski definition) is 1. The van der Waals surface area contributed by atoms with Crippen LogP contribution in [0.2, 0.25) is 0 Å². The SMILES string of the molecule is COc1cncc(C#CCNC(=O)OCC2c3ccccc3-c3ccccc32)c1. The molecule has 5 nitrogen and oxygen atoms in total. The average molecular weight is 384 g/mol. The van der Waals surface area contributed by atoms with Crippen LogP contribution in [0.4, 0.5) is 4.79 Å². The highest BCUT2D eigenvalue weighted by Crippen LogP contribution is 2.44. The molecule has 0 fully saturated rings. The molecule has 0 spiro atoms. The number of aromatic nitrogens is 1. The summed E-state index contributed by atoms with van der Waals surface area (Å²) in [6, 6.07) is 18.3. The molecule has 0 aliphatic heterocycles. The number of ether oxygens (including phenoxy) is 2. The second kappa shape index (κ2) is 8.49. The molecule has 1 heterocycles. The summed E-state index contributed by atoms with van der Waals surface area (Å²) in [5, 5.41) is 2.67. The monoisotopic (exact) mass is 384 g/mol. The fourth-order valence-electron chi connectivity index (χ4n) is 3.51. The molecule has 0 bridgehead atoms. The van der Waals surface area contributed by atoms with Crippen molar-refractivity contribution < 1.29 is 14.3 Å². The van der Waals surface area contributed by atoms with Crippen LogP contribution in [0.1, 0.15) is 22.6 Å². The minimum absolute atomic E-state index is 0.0436. The van der Waals surface area contributed by atoms with Crippen molar-refractivity contribution in [1.82, 2.24) is 10.3 Å². The summed E-state index contributed by atoms with van der Waals surface area (Å²) in [6.07, 6.45) is 2.77. The van der Waals surface area contributed by atoms with Crippen LogP contribution < -0.4 is 10.1 Å². The van der Waals surface area contributed by atoms with Crippen molar-refractivity contribution in [1.29, 1.82) is 0 Å². The summed E-state index contributed by atoms with van der Waals surface area (Å²) in [6.45, 7) is 0.473. The van der Waals surface area contributed by atoms with Crippen LogP contribution in [0.15, 0.2) is 67.0 Å². The minimum atomic E-state index is -0.482. The van der Waals surface area contributed by atoms with Gasteiger partial charge < -0.3 is 14.8 Å². The maximum absolute atomic E-state index is 12.1. The van der Waals surface area contributed by atoms with Crippen LogP contribution in [-0.4, -0.2) is 31.3 Å². The van der Waals surface area contributed by atoms with E-state index in [9.17, 15) is 4.79 Å². The molecule has 0 unspecified atom stereocenters. The Bertz CT molecular complexity index is 1050. The maximum atomic E-state index is 12.1. The van der Waals surface area contributed by atoms with Gasteiger partial charge in [-0.25, -0.2) is 4.79 Å². The number of carbonyl (C=O) groups is 1. The second-order valence-corrected chi connectivity index (χ2v) is 6.59. The summed E-state index contributed by atoms with van der Waals surface area (Å²) in [5.41, 5.74) is 5.50. The zero-order chi connectivity index (χ0) is 20.1. The van der Waals surface area contributed by atoms with Crippen LogP contribution in [0, 0.1) is 11.8 Å². The molecule has 4 rings (SSSR count). The quantitative estimate of drug-likeness (QED) is 0.691. The number of carbonyl (C=O) groups excluding carboxylic acids is 1. The van der Waals surface area contributed by atoms with E-state index < -0.39 is 6.09 Å². The molecule has 3 aromatic rings. The largest absolute Gasteiger partial charge is 0.495 e. The molecule has 0 atom stereocenters. The van der Waals surface area contributed by atoms with Gasteiger partial charge in [0.15, 0.2) is 0 Å². The molecule has 0 radical (unpaired) electrons. The standard InChI is InChI=1S/C24H20N2O3/c1-28-18-13-17(14-25-15-18)7-6-12-26-24(27)29-16-23-21-10-4-2-8-19(21)20-9-3-5-11-22(20)23/h2-5,8-11,13-15,23H,12,16H2,1H3,(H,26,27). The van der Waals surface area contributed by atoms with Crippen molar-refractivity contribution in [2.45, 2.75) is 5.92 Å². The first-order valence-corrected chi connectivity index (χ1v) is 9.33. The molecule has 1 N–H and O–H groups in total. The van der Waals surface area contributed by atoms with Gasteiger partial charge in [-0.3, -0.25) is 4.98 Å². The van der Waals surface area contributed by atoms with Gasteiger partial charge in [-0.2, -0.15) is 0 Å². The fourth-order valence-corrected chi connectivity index (χ4v) is 3.51. The molecule has 1 aliphatic carbocycles. The summed E-state index contributed by atoms with van der Waals surface area (Å²) in [4.78, 5) is 16.1. The molecule has 0 saturated carbocycles. The van der Waals surface area contributed by atoms with E-state index in [0.29, 0.717) is 5.75 Å². The van der Waals surface area contributed by atoms with Gasteiger partial charge in [0, 0.05) is 17.7 Å². The van der Waals surface area contributed by atoms with Gasteiger partial charge in [0.1, 0.15) is 12.4 Å². The third kappa shape index (κ3) is 4.07. The molecular formula is C24H20N2O3. The first-order valence-electron chi connectivity index (χ1n) is 9.33. The lowest BCUT2D eigenvalue weighted by Gasteiger charge is -2.14. The lowest BCUT2D eigenvalue weighted by Crippen LogP contribution is -2.26. The fraction of sp³-hybridized carbons (Fsp3) is 0.167. The molecule has 144 valence electrons. The number of hydrogen-bond acceptors (Lipinski definition) is 4. The molecule has 2 aromatic carbocycles. The number of fused-ring (bicyclic) bond motifs is 3. The van der Waals surface area contributed by atoms with E-state index in [4.69, 9.17) is 9.47 Å². The van der Waals surface area contributed by atoms with Crippen molar-refractivity contribution in [2.24, 2.45) is 0 Å². The van der Waals surface area contributed by atoms with Crippen LogP contribution in [-0.2, 0) is 4.74 Å². The maximum Gasteiger partial charge on any atom is 0.407 e. The lowest BCUT2D eigenvalue weighted by atomic mass is 9.98. The number of nitrogens with zero attached hydrogens (tertiary/aromatic N) is 1. The third-order valence-electron chi connectivity index (χ3n) is 4.85. The van der Waals surface area contributed by atoms with Crippen LogP contribution >= 0.6 is 0 Å². The lowest BCUT2D eigenvalue weighted by molar-refractivity contribution is 0.144. The second-order valence-electron chi connectivity index (χ2n) is 6.59. The summed E-state index contributed by atoms with van der Waals surface area (Å²) < 4.78 is 10.6. The third-order valence-corrected chi connectivity index (χ3v) is 4.85. The molecule has 1 amide bonds. The van der Waals surface area contributed by atoms with E-state index in [0.717, 1.165) is 5.56 Å². The number of methoxy groups -OCH3 is 1. The zero-order valence-electron chi connectivity index (χ0n) is 16.0. The Morgan fingerprint density at radius 3 is 2.45 bits per heavy atom. The number of pyridine rings is 1. The van der Waals surface area contributed by atoms with Gasteiger partial charge in [0.2, 0.25) is 0 Å². The first kappa shape index (κ1) is 18.6. The highest BCUT2D eigenvalue weighted by atomic mass is 16.5. The van der Waals surface area contributed by atoms with E-state index in [2.05, 4.69) is 46.4 Å². The van der Waals surface area contributed by atoms with E-state index in [1.807, 2.05) is 24.3 Å². The Kier molecular flexibility index (Phi) is 5.44. The van der Waals surface area contributed by atoms with Gasteiger partial charge in [0.05, 0.1) is 19.9 Å². The molecular weight excluding hydrogens is 364 g/mol. The van der Waals surface area contributed by atoms with Crippen molar-refractivity contribution in [3.05, 3.63) is 83.7 Å². The van der Waals surface area contributed by atoms with E-state index in [-0.39, 0.29) is 19.1 Å². The number of benzene rings is 2. The molecule has 29 heavy (non-hydrogen) atoms. The minimum Gasteiger partial charge on any atom is -0.495 e. The van der Waals surface area contributed by atoms with Crippen molar-refractivity contribution in [2.75, 3.05) is 20.3 Å². The topological polar surface area (TPSA) is 60.5 Å². The van der Waals surface area contributed by atoms with Crippen molar-refractivity contribution >= 4 is 6.09 Å². The van der Waals surface area contributed by atoms with Gasteiger partial charge in [-0.15, -0.1) is 0 Å². The molecule has 1 aromatic heterocycles. The predicted octanol–water partition coefficient (Wildman–Crippen LogP) is 3.98.